The molecule has 1 fully saturated rings. The van der Waals surface area contributed by atoms with Gasteiger partial charge in [-0.3, -0.25) is 9.69 Å². The molecule has 4 aromatic rings. The molecule has 44 heavy (non-hydrogen) atoms. The van der Waals surface area contributed by atoms with Gasteiger partial charge in [0.25, 0.3) is 0 Å². The molecule has 1 N–H and O–H groups in total. The van der Waals surface area contributed by atoms with Gasteiger partial charge in [-0.15, -0.1) is 0 Å². The van der Waals surface area contributed by atoms with Crippen LogP contribution in [0.3, 0.4) is 0 Å². The number of nitrogens with zero attached hydrogens (tertiary/aromatic N) is 6. The van der Waals surface area contributed by atoms with Crippen LogP contribution < -0.4 is 10.1 Å². The maximum Gasteiger partial charge on any atom is 0.416 e. The minimum Gasteiger partial charge on any atom is -0.439 e. The van der Waals surface area contributed by atoms with E-state index in [1.54, 1.807) is 55.8 Å². The molecular weight excluding hydrogens is 571 g/mol. The molecular formula is C32H36F3N7O2. The molecule has 1 aliphatic heterocycles. The quantitative estimate of drug-likeness (QED) is 0.241. The summed E-state index contributed by atoms with van der Waals surface area (Å²) < 4.78 is 47.8. The Balaban J connectivity index is 0.000000657. The second-order valence-electron chi connectivity index (χ2n) is 10.3. The van der Waals surface area contributed by atoms with Gasteiger partial charge in [-0.2, -0.15) is 13.2 Å². The third-order valence-corrected chi connectivity index (χ3v) is 7.25. The molecule has 2 aromatic heterocycles. The number of Topliss-reactive ketones (excluding diaryl/α,β-unsaturated/α-hetero) is 1. The standard InChI is InChI=1S/C28H32F3N5O2.C4H4N2/c1-4-35-9-11-36(12-10-35)17-22-8-6-20(13-23(22)28(29,30)31)14-24(37)21-7-5-19(2)25(15-21)38-27-16-26(32-3)33-18-34-27;1-2-5-4-6-3-1/h5-8,13,15-16,18H,4,9-12,14,17H2,1-3H3,(H,32,33,34);1-4H. The summed E-state index contributed by atoms with van der Waals surface area (Å²) in [5.74, 6) is 1.02. The lowest BCUT2D eigenvalue weighted by Gasteiger charge is -2.34. The predicted molar refractivity (Wildman–Crippen MR) is 162 cm³/mol. The number of hydrogen-bond donors (Lipinski definition) is 1. The minimum atomic E-state index is -4.51. The van der Waals surface area contributed by atoms with Crippen molar-refractivity contribution < 1.29 is 22.7 Å². The topological polar surface area (TPSA) is 96.4 Å². The number of hydrogen-bond acceptors (Lipinski definition) is 9. The van der Waals surface area contributed by atoms with E-state index in [1.165, 1.54) is 18.7 Å². The number of ether oxygens (including phenoxy) is 1. The van der Waals surface area contributed by atoms with E-state index in [0.717, 1.165) is 44.4 Å². The molecule has 0 unspecified atom stereocenters. The molecule has 1 saturated heterocycles. The highest BCUT2D eigenvalue weighted by atomic mass is 19.4. The summed E-state index contributed by atoms with van der Waals surface area (Å²) in [5.41, 5.74) is 1.00. The average molecular weight is 608 g/mol. The fourth-order valence-electron chi connectivity index (χ4n) is 4.71. The Morgan fingerprint density at radius 2 is 1.68 bits per heavy atom. The minimum absolute atomic E-state index is 0.154. The Bertz CT molecular complexity index is 1490. The van der Waals surface area contributed by atoms with Gasteiger partial charge < -0.3 is 15.0 Å². The maximum absolute atomic E-state index is 14.0. The van der Waals surface area contributed by atoms with Crippen molar-refractivity contribution in [1.82, 2.24) is 29.7 Å². The highest BCUT2D eigenvalue weighted by Gasteiger charge is 2.34. The molecule has 9 nitrogen and oxygen atoms in total. The van der Waals surface area contributed by atoms with E-state index in [4.69, 9.17) is 4.74 Å². The number of nitrogens with one attached hydrogen (secondary N) is 1. The van der Waals surface area contributed by atoms with Crippen molar-refractivity contribution in [3.63, 3.8) is 0 Å². The molecule has 0 saturated carbocycles. The average Bonchev–Trinajstić information content (AvgIpc) is 3.04. The van der Waals surface area contributed by atoms with E-state index in [1.807, 2.05) is 11.8 Å². The van der Waals surface area contributed by atoms with Gasteiger partial charge in [0.1, 0.15) is 24.2 Å². The van der Waals surface area contributed by atoms with Crippen molar-refractivity contribution in [1.29, 1.82) is 0 Å². The van der Waals surface area contributed by atoms with Crippen LogP contribution in [0.2, 0.25) is 0 Å². The number of rotatable bonds is 9. The summed E-state index contributed by atoms with van der Waals surface area (Å²) in [5, 5.41) is 2.90. The summed E-state index contributed by atoms with van der Waals surface area (Å²) in [7, 11) is 1.72. The first-order chi connectivity index (χ1) is 21.2. The van der Waals surface area contributed by atoms with Crippen molar-refractivity contribution in [2.45, 2.75) is 33.0 Å². The van der Waals surface area contributed by atoms with Crippen LogP contribution in [0.25, 0.3) is 0 Å². The summed E-state index contributed by atoms with van der Waals surface area (Å²) in [6.07, 6.45) is 1.57. The molecule has 0 amide bonds. The van der Waals surface area contributed by atoms with Crippen LogP contribution in [-0.4, -0.2) is 75.3 Å². The Morgan fingerprint density at radius 1 is 0.955 bits per heavy atom. The lowest BCUT2D eigenvalue weighted by molar-refractivity contribution is -0.138. The number of aromatic nitrogens is 4. The largest absolute Gasteiger partial charge is 0.439 e. The number of aryl methyl sites for hydroxylation is 1. The Kier molecular flexibility index (Phi) is 11.3. The van der Waals surface area contributed by atoms with Crippen LogP contribution in [0.1, 0.15) is 39.5 Å². The number of likely N-dealkylation sites (N-methyl/N-ethyl adjacent to an activating group) is 1. The van der Waals surface area contributed by atoms with E-state index in [9.17, 15) is 18.0 Å². The number of halogens is 3. The van der Waals surface area contributed by atoms with Crippen molar-refractivity contribution in [2.75, 3.05) is 45.1 Å². The number of carbonyl (C=O) groups excluding carboxylic acids is 1. The molecule has 0 bridgehead atoms. The van der Waals surface area contributed by atoms with Crippen LogP contribution in [-0.2, 0) is 19.1 Å². The van der Waals surface area contributed by atoms with Gasteiger partial charge in [0.05, 0.1) is 5.56 Å². The van der Waals surface area contributed by atoms with Gasteiger partial charge in [0.15, 0.2) is 5.78 Å². The van der Waals surface area contributed by atoms with Crippen molar-refractivity contribution in [2.24, 2.45) is 0 Å². The number of alkyl halides is 3. The van der Waals surface area contributed by atoms with Crippen LogP contribution in [0.4, 0.5) is 19.0 Å². The van der Waals surface area contributed by atoms with Gasteiger partial charge in [0.2, 0.25) is 5.88 Å². The number of benzene rings is 2. The zero-order valence-corrected chi connectivity index (χ0v) is 25.0. The molecule has 0 aliphatic carbocycles. The first kappa shape index (κ1) is 32.5. The van der Waals surface area contributed by atoms with Gasteiger partial charge in [-0.1, -0.05) is 31.2 Å². The van der Waals surface area contributed by atoms with Crippen LogP contribution >= 0.6 is 0 Å². The van der Waals surface area contributed by atoms with Crippen LogP contribution in [0.5, 0.6) is 11.6 Å². The number of piperazine rings is 1. The zero-order valence-electron chi connectivity index (χ0n) is 25.0. The van der Waals surface area contributed by atoms with Gasteiger partial charge in [0, 0.05) is 70.2 Å². The fraction of sp³-hybridized carbons (Fsp3) is 0.344. The Morgan fingerprint density at radius 3 is 2.30 bits per heavy atom. The lowest BCUT2D eigenvalue weighted by Crippen LogP contribution is -2.45. The van der Waals surface area contributed by atoms with E-state index in [0.29, 0.717) is 28.6 Å². The summed E-state index contributed by atoms with van der Waals surface area (Å²) >= 11 is 0. The first-order valence-corrected chi connectivity index (χ1v) is 14.3. The van der Waals surface area contributed by atoms with Gasteiger partial charge >= 0.3 is 6.18 Å². The van der Waals surface area contributed by atoms with E-state index in [-0.39, 0.29) is 24.3 Å². The summed E-state index contributed by atoms with van der Waals surface area (Å²) in [4.78, 5) is 32.9. The molecule has 1 aliphatic rings. The molecule has 12 heteroatoms. The predicted octanol–water partition coefficient (Wildman–Crippen LogP) is 5.68. The number of ketones is 1. The Labute approximate surface area is 255 Å². The molecule has 0 radical (unpaired) electrons. The monoisotopic (exact) mass is 607 g/mol. The maximum atomic E-state index is 14.0. The fourth-order valence-corrected chi connectivity index (χ4v) is 4.71. The van der Waals surface area contributed by atoms with Gasteiger partial charge in [-0.25, -0.2) is 19.9 Å². The third kappa shape index (κ3) is 9.29. The lowest BCUT2D eigenvalue weighted by atomic mass is 9.97. The molecule has 2 aromatic carbocycles. The molecule has 3 heterocycles. The van der Waals surface area contributed by atoms with Crippen LogP contribution in [0, 0.1) is 6.92 Å². The van der Waals surface area contributed by atoms with Crippen molar-refractivity contribution in [3.8, 4) is 11.6 Å². The summed E-state index contributed by atoms with van der Waals surface area (Å²) in [6.45, 7) is 8.25. The number of carbonyl (C=O) groups is 1. The molecule has 0 spiro atoms. The highest BCUT2D eigenvalue weighted by Crippen LogP contribution is 2.34. The van der Waals surface area contributed by atoms with E-state index in [2.05, 4.69) is 37.1 Å². The van der Waals surface area contributed by atoms with E-state index >= 15 is 0 Å². The smallest absolute Gasteiger partial charge is 0.416 e. The van der Waals surface area contributed by atoms with E-state index < -0.39 is 11.7 Å². The highest BCUT2D eigenvalue weighted by molar-refractivity contribution is 5.98. The van der Waals surface area contributed by atoms with Crippen LogP contribution in [0.15, 0.2) is 73.6 Å². The van der Waals surface area contributed by atoms with Gasteiger partial charge in [-0.05, 0) is 48.4 Å². The normalized spacial score (nSPS) is 14.0. The molecule has 5 rings (SSSR count). The van der Waals surface area contributed by atoms with Crippen molar-refractivity contribution in [3.05, 3.63) is 101 Å². The zero-order chi connectivity index (χ0) is 31.5. The molecule has 232 valence electrons. The Hall–Kier alpha value is -4.42. The second kappa shape index (κ2) is 15.3. The number of anilines is 1. The third-order valence-electron chi connectivity index (χ3n) is 7.25. The molecule has 0 atom stereocenters. The first-order valence-electron chi connectivity index (χ1n) is 14.3. The SMILES string of the molecule is CCN1CCN(Cc2ccc(CC(=O)c3ccc(C)c(Oc4cc(NC)ncn4)c3)cc2C(F)(F)F)CC1.c1cncnc1. The summed E-state index contributed by atoms with van der Waals surface area (Å²) in [6, 6.07) is 12.6. The van der Waals surface area contributed by atoms with Crippen molar-refractivity contribution >= 4 is 11.6 Å². The second-order valence-corrected chi connectivity index (χ2v) is 10.3.